The molecule has 8 nitrogen and oxygen atoms in total. The number of amides is 1. The van der Waals surface area contributed by atoms with Crippen LogP contribution in [0.15, 0.2) is 47.1 Å². The maximum Gasteiger partial charge on any atom is 0.295 e. The van der Waals surface area contributed by atoms with E-state index in [0.717, 1.165) is 12.8 Å². The van der Waals surface area contributed by atoms with Gasteiger partial charge in [0.2, 0.25) is 0 Å². The molecule has 0 aliphatic carbocycles. The lowest BCUT2D eigenvalue weighted by Gasteiger charge is -2.40. The second-order valence-corrected chi connectivity index (χ2v) is 8.58. The average molecular weight is 466 g/mol. The number of nitrogens with zero attached hydrogens (tertiary/aromatic N) is 5. The van der Waals surface area contributed by atoms with E-state index in [2.05, 4.69) is 27.4 Å². The fourth-order valence-corrected chi connectivity index (χ4v) is 4.57. The molecule has 3 heterocycles. The second-order valence-electron chi connectivity index (χ2n) is 8.58. The molecule has 5 rings (SSSR count). The lowest BCUT2D eigenvalue weighted by Crippen LogP contribution is -2.51. The highest BCUT2D eigenvalue weighted by atomic mass is 19.1. The largest absolute Gasteiger partial charge is 0.423 e. The fraction of sp³-hybridized carbons (Fsp3) is 0.333. The molecule has 1 amide bonds. The molecule has 0 unspecified atom stereocenters. The van der Waals surface area contributed by atoms with Gasteiger partial charge < -0.3 is 14.6 Å². The summed E-state index contributed by atoms with van der Waals surface area (Å²) in [6, 6.07) is 7.07. The zero-order chi connectivity index (χ0) is 23.8. The molecule has 1 aliphatic rings. The van der Waals surface area contributed by atoms with Gasteiger partial charge in [0.15, 0.2) is 5.58 Å². The van der Waals surface area contributed by atoms with Gasteiger partial charge in [-0.3, -0.25) is 4.79 Å². The van der Waals surface area contributed by atoms with Crippen LogP contribution in [0.2, 0.25) is 0 Å². The van der Waals surface area contributed by atoms with Crippen molar-refractivity contribution in [3.8, 4) is 5.69 Å². The first-order valence-electron chi connectivity index (χ1n) is 11.2. The Morgan fingerprint density at radius 3 is 2.79 bits per heavy atom. The minimum absolute atomic E-state index is 0.186. The number of benzene rings is 2. The smallest absolute Gasteiger partial charge is 0.295 e. The third kappa shape index (κ3) is 4.00. The number of hydrogen-bond acceptors (Lipinski definition) is 6. The average Bonchev–Trinajstić information content (AvgIpc) is 3.49. The zero-order valence-corrected chi connectivity index (χ0v) is 18.8. The van der Waals surface area contributed by atoms with Gasteiger partial charge in [-0.25, -0.2) is 8.78 Å². The molecule has 0 spiro atoms. The molecule has 1 aliphatic heterocycles. The summed E-state index contributed by atoms with van der Waals surface area (Å²) in [6.07, 6.45) is 4.81. The Morgan fingerprint density at radius 2 is 2.00 bits per heavy atom. The van der Waals surface area contributed by atoms with Crippen molar-refractivity contribution in [2.45, 2.75) is 32.7 Å². The predicted molar refractivity (Wildman–Crippen MR) is 122 cm³/mol. The highest BCUT2D eigenvalue weighted by Crippen LogP contribution is 2.29. The fourth-order valence-electron chi connectivity index (χ4n) is 4.57. The number of hydrogen-bond donors (Lipinski definition) is 1. The van der Waals surface area contributed by atoms with Gasteiger partial charge in [0.25, 0.3) is 11.9 Å². The molecule has 1 N–H and O–H groups in total. The van der Waals surface area contributed by atoms with Crippen LogP contribution < -0.4 is 5.32 Å². The lowest BCUT2D eigenvalue weighted by atomic mass is 9.89. The molecule has 0 radical (unpaired) electrons. The quantitative estimate of drug-likeness (QED) is 0.471. The number of fused-ring (bicyclic) bond motifs is 1. The van der Waals surface area contributed by atoms with Crippen LogP contribution in [-0.2, 0) is 0 Å². The van der Waals surface area contributed by atoms with Gasteiger partial charge in [0.1, 0.15) is 17.2 Å². The lowest BCUT2D eigenvalue weighted by molar-refractivity contribution is 0.0537. The van der Waals surface area contributed by atoms with Crippen molar-refractivity contribution in [2.75, 3.05) is 18.4 Å². The molecule has 4 aromatic rings. The van der Waals surface area contributed by atoms with Gasteiger partial charge >= 0.3 is 0 Å². The van der Waals surface area contributed by atoms with Crippen LogP contribution in [0.5, 0.6) is 0 Å². The summed E-state index contributed by atoms with van der Waals surface area (Å²) in [5.41, 5.74) is 1.82. The minimum Gasteiger partial charge on any atom is -0.423 e. The number of oxazole rings is 1. The Balaban J connectivity index is 1.44. The van der Waals surface area contributed by atoms with Gasteiger partial charge in [-0.2, -0.15) is 20.0 Å². The molecular formula is C24H24F2N6O2. The molecule has 176 valence electrons. The summed E-state index contributed by atoms with van der Waals surface area (Å²) in [5.74, 6) is -0.951. The molecule has 2 atom stereocenters. The minimum atomic E-state index is -0.460. The third-order valence-corrected chi connectivity index (χ3v) is 6.41. The molecular weight excluding hydrogens is 442 g/mol. The van der Waals surface area contributed by atoms with Crippen molar-refractivity contribution < 1.29 is 18.0 Å². The Hall–Kier alpha value is -3.82. The first-order valence-corrected chi connectivity index (χ1v) is 11.2. The number of carbonyl (C=O) groups is 1. The van der Waals surface area contributed by atoms with Crippen LogP contribution in [0, 0.1) is 24.5 Å². The van der Waals surface area contributed by atoms with E-state index in [4.69, 9.17) is 4.42 Å². The number of piperidine rings is 1. The summed E-state index contributed by atoms with van der Waals surface area (Å²) >= 11 is 0. The predicted octanol–water partition coefficient (Wildman–Crippen LogP) is 4.35. The number of nitrogens with one attached hydrogen (secondary N) is 1. The Bertz CT molecular complexity index is 1340. The number of halogens is 2. The number of carbonyl (C=O) groups excluding carboxylic acids is 1. The van der Waals surface area contributed by atoms with Crippen LogP contribution in [-0.4, -0.2) is 49.9 Å². The van der Waals surface area contributed by atoms with Gasteiger partial charge in [0, 0.05) is 19.2 Å². The summed E-state index contributed by atoms with van der Waals surface area (Å²) in [5, 5.41) is 11.4. The van der Waals surface area contributed by atoms with E-state index < -0.39 is 11.6 Å². The van der Waals surface area contributed by atoms with Crippen LogP contribution in [0.4, 0.5) is 14.8 Å². The molecule has 2 aromatic carbocycles. The van der Waals surface area contributed by atoms with Crippen molar-refractivity contribution in [1.82, 2.24) is 24.9 Å². The standard InChI is InChI=1S/C24H24F2N6O2/c1-14-4-3-11-31(20(14)13-27-24-30-18-7-5-16(25)12-21(18)34-24)23(33)22-15(2)17(26)6-8-19(22)32-28-9-10-29-32/h5-10,12,14,20H,3-4,11,13H2,1-2H3,(H,27,30)/t14-,20-/m1/s1. The number of likely N-dealkylation sites (tertiary alicyclic amines) is 1. The summed E-state index contributed by atoms with van der Waals surface area (Å²) in [7, 11) is 0. The van der Waals surface area contributed by atoms with Crippen molar-refractivity contribution in [1.29, 1.82) is 0 Å². The highest BCUT2D eigenvalue weighted by Gasteiger charge is 2.35. The van der Waals surface area contributed by atoms with Crippen LogP contribution in [0.1, 0.15) is 35.7 Å². The Labute approximate surface area is 194 Å². The number of anilines is 1. The molecule has 10 heteroatoms. The Morgan fingerprint density at radius 1 is 1.21 bits per heavy atom. The monoisotopic (exact) mass is 466 g/mol. The van der Waals surface area contributed by atoms with Crippen molar-refractivity contribution in [3.63, 3.8) is 0 Å². The summed E-state index contributed by atoms with van der Waals surface area (Å²) in [6.45, 7) is 4.59. The maximum atomic E-state index is 14.5. The third-order valence-electron chi connectivity index (χ3n) is 6.41. The van der Waals surface area contributed by atoms with Crippen molar-refractivity contribution >= 4 is 23.0 Å². The number of rotatable bonds is 5. The van der Waals surface area contributed by atoms with Gasteiger partial charge in [-0.15, -0.1) is 0 Å². The van der Waals surface area contributed by atoms with Gasteiger partial charge in [-0.05, 0) is 55.5 Å². The van der Waals surface area contributed by atoms with Crippen molar-refractivity contribution in [3.05, 3.63) is 65.5 Å². The number of aromatic nitrogens is 4. The topological polar surface area (TPSA) is 89.1 Å². The normalized spacial score (nSPS) is 18.4. The maximum absolute atomic E-state index is 14.5. The Kier molecular flexibility index (Phi) is 5.72. The molecule has 0 saturated carbocycles. The highest BCUT2D eigenvalue weighted by molar-refractivity contribution is 5.99. The summed E-state index contributed by atoms with van der Waals surface area (Å²) in [4.78, 5) is 21.3. The van der Waals surface area contributed by atoms with Crippen LogP contribution >= 0.6 is 0 Å². The van der Waals surface area contributed by atoms with E-state index in [0.29, 0.717) is 29.9 Å². The van der Waals surface area contributed by atoms with Crippen molar-refractivity contribution in [2.24, 2.45) is 5.92 Å². The van der Waals surface area contributed by atoms with E-state index in [1.165, 1.54) is 41.5 Å². The molecule has 0 bridgehead atoms. The summed E-state index contributed by atoms with van der Waals surface area (Å²) < 4.78 is 33.6. The van der Waals surface area contributed by atoms with Gasteiger partial charge in [-0.1, -0.05) is 6.92 Å². The first-order chi connectivity index (χ1) is 16.4. The zero-order valence-electron chi connectivity index (χ0n) is 18.8. The second kappa shape index (κ2) is 8.85. The van der Waals surface area contributed by atoms with E-state index in [1.54, 1.807) is 17.9 Å². The molecule has 1 fully saturated rings. The molecule has 2 aromatic heterocycles. The SMILES string of the molecule is Cc1c(F)ccc(-n2nccn2)c1C(=O)N1CCC[C@@H](C)[C@H]1CNc1nc2ccc(F)cc2o1. The van der Waals surface area contributed by atoms with E-state index in [-0.39, 0.29) is 35.0 Å². The first kappa shape index (κ1) is 22.0. The molecule has 34 heavy (non-hydrogen) atoms. The van der Waals surface area contributed by atoms with E-state index in [9.17, 15) is 13.6 Å². The van der Waals surface area contributed by atoms with Crippen LogP contribution in [0.25, 0.3) is 16.8 Å². The van der Waals surface area contributed by atoms with E-state index >= 15 is 0 Å². The van der Waals surface area contributed by atoms with E-state index in [1.807, 2.05) is 0 Å². The van der Waals surface area contributed by atoms with Crippen LogP contribution in [0.3, 0.4) is 0 Å². The van der Waals surface area contributed by atoms with Gasteiger partial charge in [0.05, 0.1) is 29.7 Å². The molecule has 1 saturated heterocycles.